The molecule has 1 N–H and O–H groups in total. The number of benzene rings is 1. The van der Waals surface area contributed by atoms with Crippen molar-refractivity contribution in [3.05, 3.63) is 47.0 Å². The summed E-state index contributed by atoms with van der Waals surface area (Å²) in [6.07, 6.45) is 0.929. The second kappa shape index (κ2) is 5.36. The summed E-state index contributed by atoms with van der Waals surface area (Å²) in [7, 11) is 0. The Bertz CT molecular complexity index is 702. The summed E-state index contributed by atoms with van der Waals surface area (Å²) in [6.45, 7) is 5.89. The number of imide groups is 1. The van der Waals surface area contributed by atoms with Gasteiger partial charge in [-0.15, -0.1) is 0 Å². The Kier molecular flexibility index (Phi) is 3.52. The van der Waals surface area contributed by atoms with E-state index in [1.807, 2.05) is 6.92 Å². The Morgan fingerprint density at radius 2 is 1.73 bits per heavy atom. The molecule has 6 heteroatoms. The van der Waals surface area contributed by atoms with E-state index in [1.165, 1.54) is 4.90 Å². The summed E-state index contributed by atoms with van der Waals surface area (Å²) in [5.74, 6) is 0.911. The predicted octanol–water partition coefficient (Wildman–Crippen LogP) is 2.68. The molecule has 0 radical (unpaired) electrons. The van der Waals surface area contributed by atoms with Gasteiger partial charge in [-0.25, -0.2) is 4.98 Å². The highest BCUT2D eigenvalue weighted by molar-refractivity contribution is 6.21. The van der Waals surface area contributed by atoms with Crippen LogP contribution in [-0.2, 0) is 0 Å². The van der Waals surface area contributed by atoms with Gasteiger partial charge >= 0.3 is 0 Å². The van der Waals surface area contributed by atoms with Crippen LogP contribution in [0.5, 0.6) is 0 Å². The van der Waals surface area contributed by atoms with Crippen molar-refractivity contribution in [1.29, 1.82) is 0 Å². The van der Waals surface area contributed by atoms with E-state index in [9.17, 15) is 9.59 Å². The lowest BCUT2D eigenvalue weighted by Gasteiger charge is -2.20. The van der Waals surface area contributed by atoms with Crippen molar-refractivity contribution in [2.24, 2.45) is 0 Å². The zero-order chi connectivity index (χ0) is 15.9. The van der Waals surface area contributed by atoms with E-state index in [-0.39, 0.29) is 17.7 Å². The first kappa shape index (κ1) is 14.4. The fourth-order valence-corrected chi connectivity index (χ4v) is 2.56. The highest BCUT2D eigenvalue weighted by atomic mass is 16.2. The van der Waals surface area contributed by atoms with Crippen LogP contribution in [0.25, 0.3) is 0 Å². The number of aromatic amines is 1. The molecular formula is C16H18N4O2. The number of amides is 2. The van der Waals surface area contributed by atoms with Crippen LogP contribution >= 0.6 is 0 Å². The Hall–Kier alpha value is -2.50. The number of nitrogens with one attached hydrogen (secondary N) is 1. The molecule has 0 bridgehead atoms. The molecule has 0 fully saturated rings. The minimum atomic E-state index is -0.474. The third kappa shape index (κ3) is 2.11. The number of carbonyl (C=O) groups excluding carboxylic acids is 2. The normalized spacial score (nSPS) is 16.8. The third-order valence-electron chi connectivity index (χ3n) is 4.18. The molecule has 2 amide bonds. The van der Waals surface area contributed by atoms with Gasteiger partial charge in [0.05, 0.1) is 17.2 Å². The number of hydrogen-bond acceptors (Lipinski definition) is 4. The Labute approximate surface area is 128 Å². The largest absolute Gasteiger partial charge is 0.269 e. The summed E-state index contributed by atoms with van der Waals surface area (Å²) >= 11 is 0. The third-order valence-corrected chi connectivity index (χ3v) is 4.18. The number of aromatic nitrogens is 3. The SMILES string of the molecule is CC[C@@H](C)c1n[nH]c([C@H](C)N2C(=O)c3ccccc3C2=O)n1. The van der Waals surface area contributed by atoms with E-state index in [4.69, 9.17) is 0 Å². The van der Waals surface area contributed by atoms with Crippen molar-refractivity contribution < 1.29 is 9.59 Å². The van der Waals surface area contributed by atoms with Crippen molar-refractivity contribution in [3.8, 4) is 0 Å². The molecule has 6 nitrogen and oxygen atoms in total. The van der Waals surface area contributed by atoms with E-state index in [0.717, 1.165) is 6.42 Å². The fourth-order valence-electron chi connectivity index (χ4n) is 2.56. The lowest BCUT2D eigenvalue weighted by atomic mass is 10.1. The van der Waals surface area contributed by atoms with Gasteiger partial charge in [-0.1, -0.05) is 26.0 Å². The highest BCUT2D eigenvalue weighted by Gasteiger charge is 2.39. The molecule has 0 saturated heterocycles. The second-order valence-electron chi connectivity index (χ2n) is 5.59. The molecule has 1 aromatic heterocycles. The zero-order valence-electron chi connectivity index (χ0n) is 12.8. The van der Waals surface area contributed by atoms with Gasteiger partial charge in [0.15, 0.2) is 5.82 Å². The molecule has 2 heterocycles. The number of fused-ring (bicyclic) bond motifs is 1. The molecule has 0 saturated carbocycles. The standard InChI is InChI=1S/C16H18N4O2/c1-4-9(2)13-17-14(19-18-13)10(3)20-15(21)11-7-5-6-8-12(11)16(20)22/h5-10H,4H2,1-3H3,(H,17,18,19)/t9-,10+/m1/s1. The predicted molar refractivity (Wildman–Crippen MR) is 80.4 cm³/mol. The Morgan fingerprint density at radius 3 is 2.27 bits per heavy atom. The van der Waals surface area contributed by atoms with E-state index < -0.39 is 6.04 Å². The van der Waals surface area contributed by atoms with Gasteiger partial charge in [0.2, 0.25) is 0 Å². The summed E-state index contributed by atoms with van der Waals surface area (Å²) in [6, 6.07) is 6.39. The maximum Gasteiger partial charge on any atom is 0.262 e. The summed E-state index contributed by atoms with van der Waals surface area (Å²) in [5, 5.41) is 7.05. The molecule has 1 aliphatic rings. The van der Waals surface area contributed by atoms with E-state index in [0.29, 0.717) is 22.8 Å². The van der Waals surface area contributed by atoms with Crippen LogP contribution in [0.15, 0.2) is 24.3 Å². The van der Waals surface area contributed by atoms with E-state index >= 15 is 0 Å². The number of nitrogens with zero attached hydrogens (tertiary/aromatic N) is 3. The van der Waals surface area contributed by atoms with Crippen LogP contribution in [0.2, 0.25) is 0 Å². The van der Waals surface area contributed by atoms with Crippen molar-refractivity contribution >= 4 is 11.8 Å². The zero-order valence-corrected chi connectivity index (χ0v) is 12.8. The molecule has 0 aliphatic carbocycles. The number of rotatable bonds is 4. The minimum absolute atomic E-state index is 0.236. The average Bonchev–Trinajstić information content (AvgIpc) is 3.12. The first-order valence-electron chi connectivity index (χ1n) is 7.43. The first-order valence-corrected chi connectivity index (χ1v) is 7.43. The Balaban J connectivity index is 1.90. The van der Waals surface area contributed by atoms with Crippen molar-refractivity contribution in [2.45, 2.75) is 39.2 Å². The number of H-pyrrole nitrogens is 1. The van der Waals surface area contributed by atoms with E-state index in [1.54, 1.807) is 31.2 Å². The highest BCUT2D eigenvalue weighted by Crippen LogP contribution is 2.30. The quantitative estimate of drug-likeness (QED) is 0.880. The maximum absolute atomic E-state index is 12.5. The minimum Gasteiger partial charge on any atom is -0.269 e. The molecule has 2 aromatic rings. The van der Waals surface area contributed by atoms with Crippen molar-refractivity contribution in [2.75, 3.05) is 0 Å². The van der Waals surface area contributed by atoms with Crippen LogP contribution in [0.4, 0.5) is 0 Å². The fraction of sp³-hybridized carbons (Fsp3) is 0.375. The van der Waals surface area contributed by atoms with Gasteiger partial charge in [-0.2, -0.15) is 5.10 Å². The summed E-state index contributed by atoms with van der Waals surface area (Å²) in [4.78, 5) is 30.6. The maximum atomic E-state index is 12.5. The molecule has 2 atom stereocenters. The van der Waals surface area contributed by atoms with Gasteiger partial charge in [-0.05, 0) is 25.5 Å². The van der Waals surface area contributed by atoms with Crippen molar-refractivity contribution in [3.63, 3.8) is 0 Å². The monoisotopic (exact) mass is 298 g/mol. The average molecular weight is 298 g/mol. The Morgan fingerprint density at radius 1 is 1.14 bits per heavy atom. The van der Waals surface area contributed by atoms with Crippen molar-refractivity contribution in [1.82, 2.24) is 20.1 Å². The molecule has 0 unspecified atom stereocenters. The van der Waals surface area contributed by atoms with Crippen LogP contribution in [-0.4, -0.2) is 31.9 Å². The smallest absolute Gasteiger partial charge is 0.262 e. The first-order chi connectivity index (χ1) is 10.5. The van der Waals surface area contributed by atoms with E-state index in [2.05, 4.69) is 22.1 Å². The number of carbonyl (C=O) groups is 2. The van der Waals surface area contributed by atoms with Crippen LogP contribution < -0.4 is 0 Å². The molecular weight excluding hydrogens is 280 g/mol. The molecule has 0 spiro atoms. The molecule has 22 heavy (non-hydrogen) atoms. The van der Waals surface area contributed by atoms with Crippen LogP contribution in [0.3, 0.4) is 0 Å². The molecule has 1 aromatic carbocycles. The van der Waals surface area contributed by atoms with Gasteiger partial charge in [-0.3, -0.25) is 19.6 Å². The lowest BCUT2D eigenvalue weighted by molar-refractivity contribution is 0.0589. The lowest BCUT2D eigenvalue weighted by Crippen LogP contribution is -2.33. The topological polar surface area (TPSA) is 79.0 Å². The van der Waals surface area contributed by atoms with Gasteiger partial charge in [0, 0.05) is 5.92 Å². The molecule has 3 rings (SSSR count). The summed E-state index contributed by atoms with van der Waals surface area (Å²) in [5.41, 5.74) is 0.891. The molecule has 1 aliphatic heterocycles. The van der Waals surface area contributed by atoms with Gasteiger partial charge in [0.25, 0.3) is 11.8 Å². The molecule has 114 valence electrons. The summed E-state index contributed by atoms with van der Waals surface area (Å²) < 4.78 is 0. The van der Waals surface area contributed by atoms with Crippen LogP contribution in [0.1, 0.15) is 71.5 Å². The number of hydrogen-bond donors (Lipinski definition) is 1. The second-order valence-corrected chi connectivity index (χ2v) is 5.59. The van der Waals surface area contributed by atoms with Crippen LogP contribution in [0, 0.1) is 0 Å². The van der Waals surface area contributed by atoms with Gasteiger partial charge < -0.3 is 0 Å². The van der Waals surface area contributed by atoms with Gasteiger partial charge in [0.1, 0.15) is 5.82 Å².